The van der Waals surface area contributed by atoms with Crippen LogP contribution in [0.4, 0.5) is 0 Å². The third kappa shape index (κ3) is 9.68. The predicted octanol–water partition coefficient (Wildman–Crippen LogP) is 28.3. The smallest absolute Gasteiger partial charge is 0.160 e. The Morgan fingerprint density at radius 1 is 0.170 bits per heavy atom. The SMILES string of the molecule is c1ccc2c(c1)oc1cc(-c3ccc4c(c3)c3ccccc3n4-c3ccc(-c4ccc(-c5nc(-c6ccc(-n7c8ccccc8c8cc(-c9ccc%10c(c9)oc9ccccc9%10)ccc87)cc6)nc6ccc(-c7ccc(-n8c9ccccc9c9cc(-c%10ccc%11c(c%10)oc%10ccccc%10%11)ccc98)cc7)cc56)cc4)cc3)ccc12. The maximum absolute atomic E-state index is 6.35. The molecule has 17 aromatic carbocycles. The second-order valence-corrected chi connectivity index (χ2v) is 29.5. The molecule has 24 aromatic rings. The molecule has 0 radical (unpaired) electrons. The van der Waals surface area contributed by atoms with Crippen LogP contribution in [-0.4, -0.2) is 23.7 Å². The van der Waals surface area contributed by atoms with Crippen LogP contribution in [0.3, 0.4) is 0 Å². The lowest BCUT2D eigenvalue weighted by molar-refractivity contribution is 0.668. The van der Waals surface area contributed by atoms with E-state index >= 15 is 0 Å². The standard InChI is InChI=1S/C104H61N5O3/c1-7-19-91-77(13-1)86-55-68(71-35-48-83-80-16-4-10-22-97(80)110-100(83)59-71)39-52-94(86)107(91)74-42-29-63(30-43-74)62-25-27-65(28-26-62)103-89-58-67(64-31-44-75(45-32-64)108-92-20-8-2-14-78(92)87-56-69(40-53-95(87)108)72-36-49-84-81-17-5-11-23-98(81)111-101(84)60-72)38-51-90(89)105-104(106-103)66-33-46-76(47-34-66)109-93-21-9-3-15-79(93)88-57-70(41-54-96(88)109)73-37-50-85-82-18-6-12-24-99(82)112-102(85)61-73/h1-61H. The summed E-state index contributed by atoms with van der Waals surface area (Å²) < 4.78 is 26.2. The third-order valence-corrected chi connectivity index (χ3v) is 23.3. The van der Waals surface area contributed by atoms with Gasteiger partial charge in [0.05, 0.1) is 44.3 Å². The van der Waals surface area contributed by atoms with Gasteiger partial charge in [-0.25, -0.2) is 9.97 Å². The van der Waals surface area contributed by atoms with Crippen molar-refractivity contribution in [2.24, 2.45) is 0 Å². The van der Waals surface area contributed by atoms with E-state index in [-0.39, 0.29) is 0 Å². The quantitative estimate of drug-likeness (QED) is 0.136. The number of furan rings is 3. The molecule has 0 spiro atoms. The summed E-state index contributed by atoms with van der Waals surface area (Å²) in [5.74, 6) is 0.648. The van der Waals surface area contributed by atoms with Crippen molar-refractivity contribution in [2.75, 3.05) is 0 Å². The van der Waals surface area contributed by atoms with Crippen molar-refractivity contribution in [3.8, 4) is 95.3 Å². The van der Waals surface area contributed by atoms with E-state index in [1.54, 1.807) is 0 Å². The Bertz CT molecular complexity index is 8050. The van der Waals surface area contributed by atoms with Crippen molar-refractivity contribution in [3.63, 3.8) is 0 Å². The van der Waals surface area contributed by atoms with Gasteiger partial charge in [-0.2, -0.15) is 0 Å². The summed E-state index contributed by atoms with van der Waals surface area (Å²) in [6, 6.07) is 133. The first-order valence-electron chi connectivity index (χ1n) is 38.0. The highest BCUT2D eigenvalue weighted by Crippen LogP contribution is 2.44. The van der Waals surface area contributed by atoms with E-state index in [0.29, 0.717) is 5.82 Å². The number of rotatable bonds is 10. The van der Waals surface area contributed by atoms with Crippen molar-refractivity contribution in [1.82, 2.24) is 23.7 Å². The molecule has 0 saturated carbocycles. The highest BCUT2D eigenvalue weighted by molar-refractivity contribution is 6.15. The molecule has 0 unspecified atom stereocenters. The normalized spacial score (nSPS) is 12.1. The number of nitrogens with zero attached hydrogens (tertiary/aromatic N) is 5. The van der Waals surface area contributed by atoms with Crippen molar-refractivity contribution < 1.29 is 13.3 Å². The van der Waals surface area contributed by atoms with Gasteiger partial charge in [-0.15, -0.1) is 0 Å². The van der Waals surface area contributed by atoms with Crippen LogP contribution in [-0.2, 0) is 0 Å². The third-order valence-electron chi connectivity index (χ3n) is 23.3. The van der Waals surface area contributed by atoms with Crippen LogP contribution in [0.15, 0.2) is 383 Å². The Morgan fingerprint density at radius 2 is 0.438 bits per heavy atom. The average molecular weight is 1430 g/mol. The second-order valence-electron chi connectivity index (χ2n) is 29.5. The van der Waals surface area contributed by atoms with Crippen LogP contribution in [0.2, 0.25) is 0 Å². The van der Waals surface area contributed by atoms with Gasteiger partial charge in [-0.3, -0.25) is 0 Å². The van der Waals surface area contributed by atoms with E-state index < -0.39 is 0 Å². The number of para-hydroxylation sites is 6. The first kappa shape index (κ1) is 62.0. The van der Waals surface area contributed by atoms with E-state index in [1.807, 2.05) is 36.4 Å². The Hall–Kier alpha value is -15.1. The molecule has 0 aliphatic rings. The molecule has 0 fully saturated rings. The average Bonchev–Trinajstić information content (AvgIpc) is 1.68. The zero-order valence-corrected chi connectivity index (χ0v) is 60.2. The van der Waals surface area contributed by atoms with Crippen LogP contribution in [0.5, 0.6) is 0 Å². The minimum atomic E-state index is 0.648. The molecule has 7 aromatic heterocycles. The summed E-state index contributed by atoms with van der Waals surface area (Å²) in [7, 11) is 0. The van der Waals surface area contributed by atoms with E-state index in [0.717, 1.165) is 199 Å². The lowest BCUT2D eigenvalue weighted by atomic mass is 9.98. The zero-order chi connectivity index (χ0) is 73.2. The fourth-order valence-electron chi connectivity index (χ4n) is 17.9. The van der Waals surface area contributed by atoms with Gasteiger partial charge < -0.3 is 27.0 Å². The highest BCUT2D eigenvalue weighted by Gasteiger charge is 2.22. The maximum atomic E-state index is 6.35. The molecular formula is C104H61N5O3. The van der Waals surface area contributed by atoms with Crippen molar-refractivity contribution in [1.29, 1.82) is 0 Å². The second kappa shape index (κ2) is 24.2. The fraction of sp³-hybridized carbons (Fsp3) is 0. The van der Waals surface area contributed by atoms with Gasteiger partial charge in [0.2, 0.25) is 0 Å². The molecular weight excluding hydrogens is 1370 g/mol. The minimum Gasteiger partial charge on any atom is -0.456 e. The molecule has 0 amide bonds. The Balaban J connectivity index is 0.578. The number of benzene rings is 17. The van der Waals surface area contributed by atoms with Crippen molar-refractivity contribution in [3.05, 3.63) is 370 Å². The highest BCUT2D eigenvalue weighted by atomic mass is 16.3. The van der Waals surface area contributed by atoms with E-state index in [4.69, 9.17) is 23.2 Å². The summed E-state index contributed by atoms with van der Waals surface area (Å²) in [6.45, 7) is 0. The van der Waals surface area contributed by atoms with Gasteiger partial charge in [0, 0.05) is 98.2 Å². The summed E-state index contributed by atoms with van der Waals surface area (Å²) in [4.78, 5) is 11.0. The molecule has 0 bridgehead atoms. The van der Waals surface area contributed by atoms with Gasteiger partial charge in [0.15, 0.2) is 5.82 Å². The van der Waals surface area contributed by atoms with Crippen LogP contribution in [0, 0.1) is 0 Å². The van der Waals surface area contributed by atoms with Crippen LogP contribution in [0.1, 0.15) is 0 Å². The molecule has 8 nitrogen and oxygen atoms in total. The summed E-state index contributed by atoms with van der Waals surface area (Å²) in [6.07, 6.45) is 0. The zero-order valence-electron chi connectivity index (χ0n) is 60.2. The number of hydrogen-bond acceptors (Lipinski definition) is 5. The lowest BCUT2D eigenvalue weighted by Crippen LogP contribution is -1.97. The van der Waals surface area contributed by atoms with Crippen molar-refractivity contribution in [2.45, 2.75) is 0 Å². The van der Waals surface area contributed by atoms with Gasteiger partial charge in [-0.1, -0.05) is 200 Å². The summed E-state index contributed by atoms with van der Waals surface area (Å²) >= 11 is 0. The van der Waals surface area contributed by atoms with E-state index in [1.165, 1.54) is 32.3 Å². The number of hydrogen-bond donors (Lipinski definition) is 0. The summed E-state index contributed by atoms with van der Waals surface area (Å²) in [5, 5.41) is 14.9. The predicted molar refractivity (Wildman–Crippen MR) is 462 cm³/mol. The van der Waals surface area contributed by atoms with Gasteiger partial charge in [0.25, 0.3) is 0 Å². The lowest BCUT2D eigenvalue weighted by Gasteiger charge is -2.14. The van der Waals surface area contributed by atoms with Gasteiger partial charge >= 0.3 is 0 Å². The molecule has 0 saturated heterocycles. The first-order valence-corrected chi connectivity index (χ1v) is 38.0. The number of aromatic nitrogens is 5. The van der Waals surface area contributed by atoms with Crippen LogP contribution in [0.25, 0.3) is 237 Å². The molecule has 0 aliphatic heterocycles. The first-order chi connectivity index (χ1) is 55.4. The molecule has 24 rings (SSSR count). The molecule has 0 N–H and O–H groups in total. The van der Waals surface area contributed by atoms with Gasteiger partial charge in [-0.05, 0) is 225 Å². The Kier molecular flexibility index (Phi) is 13.4. The summed E-state index contributed by atoms with van der Waals surface area (Å²) in [5.41, 5.74) is 30.2. The van der Waals surface area contributed by atoms with Crippen LogP contribution < -0.4 is 0 Å². The Labute approximate surface area is 640 Å². The minimum absolute atomic E-state index is 0.648. The van der Waals surface area contributed by atoms with Crippen molar-refractivity contribution >= 4 is 142 Å². The fourth-order valence-corrected chi connectivity index (χ4v) is 17.9. The van der Waals surface area contributed by atoms with Gasteiger partial charge in [0.1, 0.15) is 33.5 Å². The molecule has 520 valence electrons. The number of fused-ring (bicyclic) bond motifs is 19. The topological polar surface area (TPSA) is 80.0 Å². The molecule has 7 heterocycles. The molecule has 8 heteroatoms. The van der Waals surface area contributed by atoms with E-state index in [2.05, 4.69) is 347 Å². The molecule has 0 atom stereocenters. The molecule has 0 aliphatic carbocycles. The monoisotopic (exact) mass is 1430 g/mol. The maximum Gasteiger partial charge on any atom is 0.160 e. The Morgan fingerprint density at radius 3 is 0.839 bits per heavy atom. The van der Waals surface area contributed by atoms with E-state index in [9.17, 15) is 0 Å². The van der Waals surface area contributed by atoms with Crippen LogP contribution >= 0.6 is 0 Å². The molecule has 112 heavy (non-hydrogen) atoms. The largest absolute Gasteiger partial charge is 0.456 e.